The highest BCUT2D eigenvalue weighted by atomic mass is 16.5. The van der Waals surface area contributed by atoms with E-state index in [0.29, 0.717) is 31.2 Å². The van der Waals surface area contributed by atoms with Crippen LogP contribution in [0.1, 0.15) is 17.8 Å². The molecule has 0 aliphatic carbocycles. The molecular weight excluding hydrogens is 348 g/mol. The minimum atomic E-state index is -0.615. The smallest absolute Gasteiger partial charge is 0.407 e. The number of nitrogens with zero attached hydrogens (tertiary/aromatic N) is 3. The molecule has 0 spiro atoms. The predicted octanol–water partition coefficient (Wildman–Crippen LogP) is 1.69. The van der Waals surface area contributed by atoms with Crippen LogP contribution >= 0.6 is 0 Å². The van der Waals surface area contributed by atoms with E-state index in [-0.39, 0.29) is 25.2 Å². The van der Waals surface area contributed by atoms with Crippen LogP contribution in [0.5, 0.6) is 5.88 Å². The normalized spacial score (nSPS) is 16.0. The lowest BCUT2D eigenvalue weighted by Crippen LogP contribution is -2.40. The Kier molecular flexibility index (Phi) is 6.19. The van der Waals surface area contributed by atoms with Crippen LogP contribution in [-0.4, -0.2) is 52.6 Å². The van der Waals surface area contributed by atoms with E-state index in [4.69, 9.17) is 9.47 Å². The zero-order chi connectivity index (χ0) is 19.1. The number of amides is 2. The van der Waals surface area contributed by atoms with Crippen LogP contribution in [0.25, 0.3) is 0 Å². The van der Waals surface area contributed by atoms with Gasteiger partial charge in [-0.15, -0.1) is 0 Å². The number of hydrogen-bond donors (Lipinski definition) is 1. The number of ether oxygens (including phenoxy) is 2. The Morgan fingerprint density at radius 1 is 1.26 bits per heavy atom. The third kappa shape index (κ3) is 5.67. The molecule has 8 heteroatoms. The minimum Gasteiger partial charge on any atom is -0.472 e. The van der Waals surface area contributed by atoms with Crippen molar-refractivity contribution in [2.24, 2.45) is 0 Å². The lowest BCUT2D eigenvalue weighted by molar-refractivity contribution is -0.129. The van der Waals surface area contributed by atoms with Crippen molar-refractivity contribution in [2.75, 3.05) is 19.6 Å². The van der Waals surface area contributed by atoms with Gasteiger partial charge in [0, 0.05) is 25.2 Å². The van der Waals surface area contributed by atoms with Gasteiger partial charge in [0.25, 0.3) is 0 Å². The first-order chi connectivity index (χ1) is 13.1. The van der Waals surface area contributed by atoms with Crippen molar-refractivity contribution in [3.63, 3.8) is 0 Å². The van der Waals surface area contributed by atoms with Gasteiger partial charge in [0.2, 0.25) is 11.8 Å². The number of alkyl carbamates (subject to hydrolysis) is 1. The number of hydrogen-bond acceptors (Lipinski definition) is 6. The maximum absolute atomic E-state index is 12.3. The highest BCUT2D eigenvalue weighted by molar-refractivity contribution is 5.82. The number of rotatable bonds is 6. The monoisotopic (exact) mass is 370 g/mol. The Labute approximate surface area is 157 Å². The molecule has 1 atom stereocenters. The van der Waals surface area contributed by atoms with Gasteiger partial charge in [0.1, 0.15) is 25.1 Å². The summed E-state index contributed by atoms with van der Waals surface area (Å²) >= 11 is 0. The van der Waals surface area contributed by atoms with Crippen molar-refractivity contribution in [1.29, 1.82) is 0 Å². The molecule has 0 radical (unpaired) electrons. The van der Waals surface area contributed by atoms with Gasteiger partial charge in [0.05, 0.1) is 6.54 Å². The molecule has 2 aromatic rings. The van der Waals surface area contributed by atoms with E-state index in [1.807, 2.05) is 30.3 Å². The van der Waals surface area contributed by atoms with Gasteiger partial charge in [-0.05, 0) is 12.5 Å². The van der Waals surface area contributed by atoms with Gasteiger partial charge >= 0.3 is 6.09 Å². The minimum absolute atomic E-state index is 0.104. The summed E-state index contributed by atoms with van der Waals surface area (Å²) in [6.07, 6.45) is 1.62. The highest BCUT2D eigenvalue weighted by Gasteiger charge is 2.28. The largest absolute Gasteiger partial charge is 0.472 e. The zero-order valence-corrected chi connectivity index (χ0v) is 15.1. The molecule has 1 aromatic carbocycles. The van der Waals surface area contributed by atoms with Crippen LogP contribution in [0.15, 0.2) is 42.6 Å². The summed E-state index contributed by atoms with van der Waals surface area (Å²) in [5.74, 6) is 0.970. The van der Waals surface area contributed by atoms with Crippen LogP contribution in [0.4, 0.5) is 4.79 Å². The number of likely N-dealkylation sites (tertiary alicyclic amines) is 1. The molecule has 8 nitrogen and oxygen atoms in total. The van der Waals surface area contributed by atoms with E-state index in [2.05, 4.69) is 15.3 Å². The second-order valence-corrected chi connectivity index (χ2v) is 6.23. The molecule has 0 bridgehead atoms. The summed E-state index contributed by atoms with van der Waals surface area (Å²) in [7, 11) is 0. The van der Waals surface area contributed by atoms with Crippen LogP contribution < -0.4 is 10.1 Å². The molecular formula is C19H22N4O4. The second-order valence-electron chi connectivity index (χ2n) is 6.23. The number of carbonyl (C=O) groups is 2. The fourth-order valence-electron chi connectivity index (χ4n) is 2.76. The van der Waals surface area contributed by atoms with Gasteiger partial charge in [-0.1, -0.05) is 30.3 Å². The average molecular weight is 370 g/mol. The summed E-state index contributed by atoms with van der Waals surface area (Å²) in [4.78, 5) is 33.9. The van der Waals surface area contributed by atoms with Crippen LogP contribution in [0.3, 0.4) is 0 Å². The second kappa shape index (κ2) is 8.98. The lowest BCUT2D eigenvalue weighted by atomic mass is 10.2. The van der Waals surface area contributed by atoms with Crippen molar-refractivity contribution in [3.8, 4) is 5.88 Å². The van der Waals surface area contributed by atoms with Crippen molar-refractivity contribution in [2.45, 2.75) is 26.1 Å². The SMILES string of the molecule is Cc1nccc(OC2CCN(C(=O)CNC(=O)OCc3ccccc3)C2)n1. The molecule has 142 valence electrons. The van der Waals surface area contributed by atoms with E-state index in [1.165, 1.54) is 0 Å². The van der Waals surface area contributed by atoms with Gasteiger partial charge in [-0.25, -0.2) is 9.78 Å². The summed E-state index contributed by atoms with van der Waals surface area (Å²) in [5, 5.41) is 2.49. The number of benzene rings is 1. The molecule has 1 fully saturated rings. The summed E-state index contributed by atoms with van der Waals surface area (Å²) in [6, 6.07) is 11.1. The van der Waals surface area contributed by atoms with Gasteiger partial charge in [-0.2, -0.15) is 4.98 Å². The molecule has 1 aliphatic rings. The molecule has 0 saturated carbocycles. The Morgan fingerprint density at radius 2 is 2.07 bits per heavy atom. The average Bonchev–Trinajstić information content (AvgIpc) is 3.14. The van der Waals surface area contributed by atoms with Crippen molar-refractivity contribution in [1.82, 2.24) is 20.2 Å². The number of carbonyl (C=O) groups excluding carboxylic acids is 2. The van der Waals surface area contributed by atoms with E-state index in [9.17, 15) is 9.59 Å². The molecule has 1 saturated heterocycles. The third-order valence-corrected chi connectivity index (χ3v) is 4.13. The molecule has 1 aliphatic heterocycles. The Bertz CT molecular complexity index is 784. The van der Waals surface area contributed by atoms with Crippen LogP contribution in [0, 0.1) is 6.92 Å². The molecule has 1 N–H and O–H groups in total. The zero-order valence-electron chi connectivity index (χ0n) is 15.1. The topological polar surface area (TPSA) is 93.7 Å². The highest BCUT2D eigenvalue weighted by Crippen LogP contribution is 2.16. The molecule has 3 rings (SSSR count). The van der Waals surface area contributed by atoms with E-state index >= 15 is 0 Å². The van der Waals surface area contributed by atoms with E-state index in [0.717, 1.165) is 5.56 Å². The van der Waals surface area contributed by atoms with Crippen LogP contribution in [-0.2, 0) is 16.1 Å². The fraction of sp³-hybridized carbons (Fsp3) is 0.368. The predicted molar refractivity (Wildman–Crippen MR) is 97.0 cm³/mol. The third-order valence-electron chi connectivity index (χ3n) is 4.13. The van der Waals surface area contributed by atoms with E-state index < -0.39 is 6.09 Å². The quantitative estimate of drug-likeness (QED) is 0.832. The molecule has 1 unspecified atom stereocenters. The maximum Gasteiger partial charge on any atom is 0.407 e. The lowest BCUT2D eigenvalue weighted by Gasteiger charge is -2.17. The van der Waals surface area contributed by atoms with Gasteiger partial charge in [0.15, 0.2) is 0 Å². The standard InChI is InChI=1S/C19H22N4O4/c1-14-20-9-7-17(22-14)27-16-8-10-23(12-16)18(24)11-21-19(25)26-13-15-5-3-2-4-6-15/h2-7,9,16H,8,10-13H2,1H3,(H,21,25). The Morgan fingerprint density at radius 3 is 2.85 bits per heavy atom. The van der Waals surface area contributed by atoms with Crippen molar-refractivity contribution < 1.29 is 19.1 Å². The summed E-state index contributed by atoms with van der Waals surface area (Å²) < 4.78 is 10.9. The first-order valence-electron chi connectivity index (χ1n) is 8.79. The van der Waals surface area contributed by atoms with Gasteiger partial charge in [-0.3, -0.25) is 4.79 Å². The molecule has 2 amide bonds. The fourth-order valence-corrected chi connectivity index (χ4v) is 2.76. The first kappa shape index (κ1) is 18.6. The number of aromatic nitrogens is 2. The number of nitrogens with one attached hydrogen (secondary N) is 1. The van der Waals surface area contributed by atoms with E-state index in [1.54, 1.807) is 24.1 Å². The van der Waals surface area contributed by atoms with Crippen LogP contribution in [0.2, 0.25) is 0 Å². The number of aryl methyl sites for hydroxylation is 1. The van der Waals surface area contributed by atoms with Crippen molar-refractivity contribution >= 4 is 12.0 Å². The molecule has 1 aromatic heterocycles. The Balaban J connectivity index is 1.38. The maximum atomic E-state index is 12.3. The first-order valence-corrected chi connectivity index (χ1v) is 8.79. The Hall–Kier alpha value is -3.16. The van der Waals surface area contributed by atoms with Crippen molar-refractivity contribution in [3.05, 3.63) is 54.0 Å². The van der Waals surface area contributed by atoms with Gasteiger partial charge < -0.3 is 19.7 Å². The summed E-state index contributed by atoms with van der Waals surface area (Å²) in [6.45, 7) is 2.89. The summed E-state index contributed by atoms with van der Waals surface area (Å²) in [5.41, 5.74) is 0.887. The molecule has 27 heavy (non-hydrogen) atoms. The molecule has 2 heterocycles.